The minimum absolute atomic E-state index is 0.0183. The Bertz CT molecular complexity index is 485. The van der Waals surface area contributed by atoms with Crippen molar-refractivity contribution >= 4 is 0 Å². The summed E-state index contributed by atoms with van der Waals surface area (Å²) in [5.41, 5.74) is 1.03. The molecular formula is C18H20O2. The van der Waals surface area contributed by atoms with Crippen LogP contribution in [0.2, 0.25) is 0 Å². The van der Waals surface area contributed by atoms with Gasteiger partial charge in [0.2, 0.25) is 0 Å². The normalized spacial score (nSPS) is 19.1. The predicted molar refractivity (Wildman–Crippen MR) is 81.1 cm³/mol. The fourth-order valence-corrected chi connectivity index (χ4v) is 1.89. The molecule has 1 aromatic carbocycles. The highest BCUT2D eigenvalue weighted by molar-refractivity contribution is 5.36. The molecule has 1 aromatic rings. The van der Waals surface area contributed by atoms with Crippen molar-refractivity contribution in [1.29, 1.82) is 0 Å². The van der Waals surface area contributed by atoms with Crippen LogP contribution in [-0.4, -0.2) is 19.5 Å². The van der Waals surface area contributed by atoms with Gasteiger partial charge in [-0.05, 0) is 37.5 Å². The molecular weight excluding hydrogens is 248 g/mol. The van der Waals surface area contributed by atoms with Gasteiger partial charge in [0, 0.05) is 12.2 Å². The third-order valence-corrected chi connectivity index (χ3v) is 2.93. The lowest BCUT2D eigenvalue weighted by Gasteiger charge is -2.21. The Kier molecular flexibility index (Phi) is 6.67. The first kappa shape index (κ1) is 14.6. The number of hydrogen-bond acceptors (Lipinski definition) is 2. The van der Waals surface area contributed by atoms with E-state index in [0.717, 1.165) is 25.0 Å². The van der Waals surface area contributed by atoms with Gasteiger partial charge in [0.15, 0.2) is 6.29 Å². The summed E-state index contributed by atoms with van der Waals surface area (Å²) in [5.74, 6) is 6.06. The first-order chi connectivity index (χ1) is 9.95. The van der Waals surface area contributed by atoms with Gasteiger partial charge in [0.1, 0.15) is 0 Å². The predicted octanol–water partition coefficient (Wildman–Crippen LogP) is 3.69. The zero-order chi connectivity index (χ0) is 13.9. The topological polar surface area (TPSA) is 18.5 Å². The Hall–Kier alpha value is -1.82. The second-order valence-corrected chi connectivity index (χ2v) is 4.55. The second kappa shape index (κ2) is 9.14. The van der Waals surface area contributed by atoms with Crippen molar-refractivity contribution in [3.8, 4) is 11.8 Å². The fourth-order valence-electron chi connectivity index (χ4n) is 1.89. The molecule has 0 aliphatic carbocycles. The van der Waals surface area contributed by atoms with Gasteiger partial charge in [-0.1, -0.05) is 48.3 Å². The summed E-state index contributed by atoms with van der Waals surface area (Å²) in [5, 5.41) is 0. The first-order valence-electron chi connectivity index (χ1n) is 7.06. The molecule has 1 aliphatic rings. The van der Waals surface area contributed by atoms with Gasteiger partial charge in [-0.2, -0.15) is 0 Å². The van der Waals surface area contributed by atoms with Gasteiger partial charge in [0.25, 0.3) is 0 Å². The summed E-state index contributed by atoms with van der Waals surface area (Å²) in [4.78, 5) is 0. The van der Waals surface area contributed by atoms with Gasteiger partial charge in [-0.25, -0.2) is 0 Å². The van der Waals surface area contributed by atoms with Crippen molar-refractivity contribution in [2.45, 2.75) is 25.6 Å². The van der Waals surface area contributed by atoms with Crippen LogP contribution in [0.25, 0.3) is 0 Å². The third kappa shape index (κ3) is 5.88. The SMILES string of the molecule is C(#Cc1ccccc1)/C=C\C=C\COC1CCCCO1. The van der Waals surface area contributed by atoms with E-state index in [1.165, 1.54) is 6.42 Å². The molecule has 2 rings (SSSR count). The van der Waals surface area contributed by atoms with E-state index in [0.29, 0.717) is 6.61 Å². The maximum absolute atomic E-state index is 5.58. The van der Waals surface area contributed by atoms with Gasteiger partial charge >= 0.3 is 0 Å². The van der Waals surface area contributed by atoms with Gasteiger partial charge in [-0.3, -0.25) is 0 Å². The monoisotopic (exact) mass is 268 g/mol. The van der Waals surface area contributed by atoms with Crippen molar-refractivity contribution in [2.75, 3.05) is 13.2 Å². The third-order valence-electron chi connectivity index (χ3n) is 2.93. The maximum Gasteiger partial charge on any atom is 0.157 e. The van der Waals surface area contributed by atoms with E-state index in [2.05, 4.69) is 11.8 Å². The molecule has 0 N–H and O–H groups in total. The molecule has 0 amide bonds. The number of hydrogen-bond donors (Lipinski definition) is 0. The van der Waals surface area contributed by atoms with E-state index >= 15 is 0 Å². The van der Waals surface area contributed by atoms with Crippen molar-refractivity contribution in [3.05, 3.63) is 60.2 Å². The van der Waals surface area contributed by atoms with Crippen LogP contribution < -0.4 is 0 Å². The Morgan fingerprint density at radius 2 is 2.10 bits per heavy atom. The second-order valence-electron chi connectivity index (χ2n) is 4.55. The highest BCUT2D eigenvalue weighted by Gasteiger charge is 2.12. The molecule has 2 nitrogen and oxygen atoms in total. The van der Waals surface area contributed by atoms with Gasteiger partial charge in [-0.15, -0.1) is 0 Å². The summed E-state index contributed by atoms with van der Waals surface area (Å²) < 4.78 is 11.1. The van der Waals surface area contributed by atoms with E-state index in [-0.39, 0.29) is 6.29 Å². The molecule has 0 bridgehead atoms. The zero-order valence-corrected chi connectivity index (χ0v) is 11.6. The molecule has 1 heterocycles. The van der Waals surface area contributed by atoms with E-state index in [4.69, 9.17) is 9.47 Å². The van der Waals surface area contributed by atoms with Crippen LogP contribution in [0, 0.1) is 11.8 Å². The van der Waals surface area contributed by atoms with Crippen molar-refractivity contribution in [1.82, 2.24) is 0 Å². The average Bonchev–Trinajstić information content (AvgIpc) is 2.52. The lowest BCUT2D eigenvalue weighted by molar-refractivity contribution is -0.155. The van der Waals surface area contributed by atoms with E-state index in [9.17, 15) is 0 Å². The molecule has 0 saturated carbocycles. The Morgan fingerprint density at radius 3 is 2.90 bits per heavy atom. The number of ether oxygens (including phenoxy) is 2. The molecule has 1 atom stereocenters. The average molecular weight is 268 g/mol. The minimum Gasteiger partial charge on any atom is -0.353 e. The van der Waals surface area contributed by atoms with Crippen LogP contribution in [0.5, 0.6) is 0 Å². The van der Waals surface area contributed by atoms with Crippen molar-refractivity contribution in [2.24, 2.45) is 0 Å². The minimum atomic E-state index is -0.0183. The number of rotatable bonds is 4. The standard InChI is InChI=1S/C18H20O2/c1(2-5-11-17-12-6-4-7-13-17)3-9-15-19-18-14-8-10-16-20-18/h1-4,6-7,9,12-13,18H,8,10,14-16H2/b2-1-,9-3+. The molecule has 1 unspecified atom stereocenters. The maximum atomic E-state index is 5.58. The lowest BCUT2D eigenvalue weighted by atomic mass is 10.2. The zero-order valence-electron chi connectivity index (χ0n) is 11.6. The van der Waals surface area contributed by atoms with Crippen LogP contribution in [-0.2, 0) is 9.47 Å². The summed E-state index contributed by atoms with van der Waals surface area (Å²) >= 11 is 0. The van der Waals surface area contributed by atoms with Gasteiger partial charge < -0.3 is 9.47 Å². The molecule has 0 aromatic heterocycles. The summed E-state index contributed by atoms with van der Waals surface area (Å²) in [7, 11) is 0. The molecule has 20 heavy (non-hydrogen) atoms. The smallest absolute Gasteiger partial charge is 0.157 e. The van der Waals surface area contributed by atoms with Gasteiger partial charge in [0.05, 0.1) is 6.61 Å². The Labute approximate surface area is 121 Å². The quantitative estimate of drug-likeness (QED) is 0.612. The van der Waals surface area contributed by atoms with E-state index in [1.807, 2.05) is 54.6 Å². The molecule has 0 spiro atoms. The van der Waals surface area contributed by atoms with Crippen molar-refractivity contribution in [3.63, 3.8) is 0 Å². The molecule has 0 radical (unpaired) electrons. The molecule has 104 valence electrons. The van der Waals surface area contributed by atoms with Crippen LogP contribution in [0.15, 0.2) is 54.6 Å². The molecule has 1 saturated heterocycles. The number of benzene rings is 1. The van der Waals surface area contributed by atoms with E-state index < -0.39 is 0 Å². The Morgan fingerprint density at radius 1 is 1.20 bits per heavy atom. The highest BCUT2D eigenvalue weighted by atomic mass is 16.7. The first-order valence-corrected chi connectivity index (χ1v) is 7.06. The van der Waals surface area contributed by atoms with E-state index in [1.54, 1.807) is 0 Å². The fraction of sp³-hybridized carbons (Fsp3) is 0.333. The number of allylic oxidation sites excluding steroid dienone is 3. The van der Waals surface area contributed by atoms with Crippen LogP contribution in [0.3, 0.4) is 0 Å². The summed E-state index contributed by atoms with van der Waals surface area (Å²) in [6, 6.07) is 9.94. The summed E-state index contributed by atoms with van der Waals surface area (Å²) in [6.07, 6.45) is 11.0. The molecule has 1 aliphatic heterocycles. The van der Waals surface area contributed by atoms with Crippen LogP contribution in [0.4, 0.5) is 0 Å². The van der Waals surface area contributed by atoms with Crippen molar-refractivity contribution < 1.29 is 9.47 Å². The Balaban J connectivity index is 1.63. The van der Waals surface area contributed by atoms with Crippen LogP contribution >= 0.6 is 0 Å². The van der Waals surface area contributed by atoms with Crippen LogP contribution in [0.1, 0.15) is 24.8 Å². The molecule has 2 heteroatoms. The summed E-state index contributed by atoms with van der Waals surface area (Å²) in [6.45, 7) is 1.41. The lowest BCUT2D eigenvalue weighted by Crippen LogP contribution is -2.22. The molecule has 1 fully saturated rings. The largest absolute Gasteiger partial charge is 0.353 e. The highest BCUT2D eigenvalue weighted by Crippen LogP contribution is 2.13.